The fourth-order valence-corrected chi connectivity index (χ4v) is 3.02. The number of anilines is 2. The molecular weight excluding hydrogens is 346 g/mol. The van der Waals surface area contributed by atoms with E-state index in [4.69, 9.17) is 16.6 Å². The summed E-state index contributed by atoms with van der Waals surface area (Å²) in [6.45, 7) is 3.85. The SMILES string of the molecule is Cc1cc(C)nc(Nc2nc(-c3ccccc3)c3ccc(Cl)cc3n2)n1. The molecule has 0 aliphatic heterocycles. The lowest BCUT2D eigenvalue weighted by molar-refractivity contribution is 1.05. The molecule has 0 atom stereocenters. The summed E-state index contributed by atoms with van der Waals surface area (Å²) in [6.07, 6.45) is 0. The average molecular weight is 362 g/mol. The van der Waals surface area contributed by atoms with Crippen molar-refractivity contribution in [1.29, 1.82) is 0 Å². The quantitative estimate of drug-likeness (QED) is 0.550. The molecule has 0 radical (unpaired) electrons. The van der Waals surface area contributed by atoms with Gasteiger partial charge in [-0.15, -0.1) is 0 Å². The zero-order valence-electron chi connectivity index (χ0n) is 14.4. The minimum absolute atomic E-state index is 0.434. The lowest BCUT2D eigenvalue weighted by Gasteiger charge is -2.10. The van der Waals surface area contributed by atoms with Crippen LogP contribution in [0.1, 0.15) is 11.4 Å². The molecule has 0 spiro atoms. The maximum Gasteiger partial charge on any atom is 0.230 e. The van der Waals surface area contributed by atoms with Crippen LogP contribution < -0.4 is 5.32 Å². The van der Waals surface area contributed by atoms with E-state index in [1.54, 1.807) is 0 Å². The van der Waals surface area contributed by atoms with E-state index in [1.807, 2.05) is 68.4 Å². The van der Waals surface area contributed by atoms with Gasteiger partial charge >= 0.3 is 0 Å². The standard InChI is InChI=1S/C20H16ClN5/c1-12-10-13(2)23-19(22-12)26-20-24-17-11-15(21)8-9-16(17)18(25-20)14-6-4-3-5-7-14/h3-11H,1-2H3,(H,22,23,24,25,26). The van der Waals surface area contributed by atoms with Crippen molar-refractivity contribution >= 4 is 34.4 Å². The highest BCUT2D eigenvalue weighted by molar-refractivity contribution is 6.31. The number of nitrogens with one attached hydrogen (secondary N) is 1. The Morgan fingerprint density at radius 2 is 1.46 bits per heavy atom. The zero-order chi connectivity index (χ0) is 18.1. The molecule has 6 heteroatoms. The Balaban J connectivity index is 1.87. The highest BCUT2D eigenvalue weighted by atomic mass is 35.5. The van der Waals surface area contributed by atoms with E-state index in [0.29, 0.717) is 16.9 Å². The number of hydrogen-bond acceptors (Lipinski definition) is 5. The molecule has 5 nitrogen and oxygen atoms in total. The van der Waals surface area contributed by atoms with Crippen molar-refractivity contribution in [3.8, 4) is 11.3 Å². The summed E-state index contributed by atoms with van der Waals surface area (Å²) in [5, 5.41) is 4.69. The maximum atomic E-state index is 6.17. The normalized spacial score (nSPS) is 10.9. The lowest BCUT2D eigenvalue weighted by Crippen LogP contribution is -2.04. The topological polar surface area (TPSA) is 63.6 Å². The van der Waals surface area contributed by atoms with Gasteiger partial charge in [-0.25, -0.2) is 19.9 Å². The first-order valence-corrected chi connectivity index (χ1v) is 8.58. The fourth-order valence-electron chi connectivity index (χ4n) is 2.86. The number of rotatable bonds is 3. The summed E-state index contributed by atoms with van der Waals surface area (Å²) in [4.78, 5) is 18.1. The molecule has 4 aromatic rings. The monoisotopic (exact) mass is 361 g/mol. The Morgan fingerprint density at radius 1 is 0.769 bits per heavy atom. The second kappa shape index (κ2) is 6.69. The summed E-state index contributed by atoms with van der Waals surface area (Å²) in [6, 6.07) is 17.5. The summed E-state index contributed by atoms with van der Waals surface area (Å²) >= 11 is 6.17. The summed E-state index contributed by atoms with van der Waals surface area (Å²) in [5.74, 6) is 0.909. The number of aryl methyl sites for hydroxylation is 2. The molecule has 4 rings (SSSR count). The van der Waals surface area contributed by atoms with Gasteiger partial charge in [-0.1, -0.05) is 41.9 Å². The van der Waals surface area contributed by atoms with Gasteiger partial charge in [0.25, 0.3) is 0 Å². The molecule has 0 saturated carbocycles. The Kier molecular flexibility index (Phi) is 4.22. The van der Waals surface area contributed by atoms with E-state index in [2.05, 4.69) is 20.3 Å². The van der Waals surface area contributed by atoms with Gasteiger partial charge < -0.3 is 0 Å². The number of aromatic nitrogens is 4. The third-order valence-corrected chi connectivity index (χ3v) is 4.15. The highest BCUT2D eigenvalue weighted by Gasteiger charge is 2.11. The fraction of sp³-hybridized carbons (Fsp3) is 0.100. The Bertz CT molecular complexity index is 1080. The highest BCUT2D eigenvalue weighted by Crippen LogP contribution is 2.29. The van der Waals surface area contributed by atoms with Crippen LogP contribution in [0.25, 0.3) is 22.2 Å². The molecule has 2 heterocycles. The van der Waals surface area contributed by atoms with Crippen LogP contribution in [0.15, 0.2) is 54.6 Å². The number of fused-ring (bicyclic) bond motifs is 1. The minimum atomic E-state index is 0.434. The van der Waals surface area contributed by atoms with Gasteiger partial charge in [-0.05, 0) is 38.1 Å². The molecule has 0 unspecified atom stereocenters. The Labute approximate surface area is 156 Å². The van der Waals surface area contributed by atoms with Gasteiger partial charge in [0, 0.05) is 27.4 Å². The van der Waals surface area contributed by atoms with E-state index in [-0.39, 0.29) is 0 Å². The molecular formula is C20H16ClN5. The van der Waals surface area contributed by atoms with Crippen LogP contribution in [0.5, 0.6) is 0 Å². The molecule has 1 N–H and O–H groups in total. The van der Waals surface area contributed by atoms with Crippen LogP contribution in [0.3, 0.4) is 0 Å². The Hall–Kier alpha value is -3.05. The van der Waals surface area contributed by atoms with E-state index < -0.39 is 0 Å². The van der Waals surface area contributed by atoms with E-state index in [9.17, 15) is 0 Å². The first-order valence-electron chi connectivity index (χ1n) is 8.20. The van der Waals surface area contributed by atoms with Crippen LogP contribution in [-0.2, 0) is 0 Å². The van der Waals surface area contributed by atoms with Crippen molar-refractivity contribution in [3.05, 3.63) is 71.0 Å². The van der Waals surface area contributed by atoms with E-state index in [0.717, 1.165) is 33.5 Å². The molecule has 0 fully saturated rings. The van der Waals surface area contributed by atoms with Gasteiger partial charge in [-0.2, -0.15) is 0 Å². The van der Waals surface area contributed by atoms with Crippen molar-refractivity contribution < 1.29 is 0 Å². The largest absolute Gasteiger partial charge is 0.293 e. The van der Waals surface area contributed by atoms with Crippen molar-refractivity contribution in [2.24, 2.45) is 0 Å². The molecule has 128 valence electrons. The smallest absolute Gasteiger partial charge is 0.230 e. The number of hydrogen-bond donors (Lipinski definition) is 1. The van der Waals surface area contributed by atoms with Crippen LogP contribution in [0, 0.1) is 13.8 Å². The summed E-state index contributed by atoms with van der Waals surface area (Å²) in [7, 11) is 0. The predicted molar refractivity (Wildman–Crippen MR) is 105 cm³/mol. The zero-order valence-corrected chi connectivity index (χ0v) is 15.1. The van der Waals surface area contributed by atoms with Crippen LogP contribution in [0.2, 0.25) is 5.02 Å². The lowest BCUT2D eigenvalue weighted by atomic mass is 10.1. The molecule has 2 aromatic carbocycles. The maximum absolute atomic E-state index is 6.17. The van der Waals surface area contributed by atoms with Crippen LogP contribution in [-0.4, -0.2) is 19.9 Å². The second-order valence-electron chi connectivity index (χ2n) is 6.02. The number of nitrogens with zero attached hydrogens (tertiary/aromatic N) is 4. The van der Waals surface area contributed by atoms with Crippen LogP contribution in [0.4, 0.5) is 11.9 Å². The van der Waals surface area contributed by atoms with Gasteiger partial charge in [-0.3, -0.25) is 5.32 Å². The van der Waals surface area contributed by atoms with Crippen molar-refractivity contribution in [1.82, 2.24) is 19.9 Å². The average Bonchev–Trinajstić information content (AvgIpc) is 2.60. The molecule has 0 aliphatic rings. The van der Waals surface area contributed by atoms with Crippen molar-refractivity contribution in [2.75, 3.05) is 5.32 Å². The van der Waals surface area contributed by atoms with Gasteiger partial charge in [0.05, 0.1) is 11.2 Å². The predicted octanol–water partition coefficient (Wildman–Crippen LogP) is 5.10. The van der Waals surface area contributed by atoms with E-state index in [1.165, 1.54) is 0 Å². The summed E-state index contributed by atoms with van der Waals surface area (Å²) in [5.41, 5.74) is 4.36. The molecule has 0 bridgehead atoms. The minimum Gasteiger partial charge on any atom is -0.293 e. The van der Waals surface area contributed by atoms with Crippen molar-refractivity contribution in [2.45, 2.75) is 13.8 Å². The van der Waals surface area contributed by atoms with Gasteiger partial charge in [0.15, 0.2) is 0 Å². The number of halogens is 1. The number of benzene rings is 2. The first-order chi connectivity index (χ1) is 12.6. The Morgan fingerprint density at radius 3 is 2.19 bits per heavy atom. The van der Waals surface area contributed by atoms with Gasteiger partial charge in [0.2, 0.25) is 11.9 Å². The van der Waals surface area contributed by atoms with E-state index >= 15 is 0 Å². The van der Waals surface area contributed by atoms with Crippen molar-refractivity contribution in [3.63, 3.8) is 0 Å². The molecule has 0 saturated heterocycles. The third-order valence-electron chi connectivity index (χ3n) is 3.91. The molecule has 0 amide bonds. The van der Waals surface area contributed by atoms with Crippen LogP contribution >= 0.6 is 11.6 Å². The summed E-state index contributed by atoms with van der Waals surface area (Å²) < 4.78 is 0. The molecule has 2 aromatic heterocycles. The first kappa shape index (κ1) is 16.4. The molecule has 0 aliphatic carbocycles. The second-order valence-corrected chi connectivity index (χ2v) is 6.46. The third kappa shape index (κ3) is 3.34. The molecule has 26 heavy (non-hydrogen) atoms. The van der Waals surface area contributed by atoms with Gasteiger partial charge in [0.1, 0.15) is 0 Å².